The Labute approximate surface area is 135 Å². The average Bonchev–Trinajstić information content (AvgIpc) is 2.91. The Balaban J connectivity index is 1.59. The summed E-state index contributed by atoms with van der Waals surface area (Å²) in [5.41, 5.74) is 1.82. The number of benzene rings is 1. The molecule has 4 nitrogen and oxygen atoms in total. The molecule has 2 N–H and O–H groups in total. The van der Waals surface area contributed by atoms with Crippen molar-refractivity contribution in [1.29, 1.82) is 5.26 Å². The zero-order chi connectivity index (χ0) is 15.4. The second-order valence-corrected chi connectivity index (χ2v) is 6.94. The minimum Gasteiger partial charge on any atom is -0.334 e. The van der Waals surface area contributed by atoms with E-state index >= 15 is 0 Å². The maximum absolute atomic E-state index is 12.1. The number of rotatable bonds is 3. The molecule has 1 aliphatic heterocycles. The summed E-state index contributed by atoms with van der Waals surface area (Å²) >= 11 is 1.66. The van der Waals surface area contributed by atoms with Gasteiger partial charge in [0.05, 0.1) is 16.7 Å². The zero-order valence-electron chi connectivity index (χ0n) is 12.3. The van der Waals surface area contributed by atoms with Gasteiger partial charge in [0, 0.05) is 17.7 Å². The standard InChI is InChI=1S/C17H19N3OS/c18-10-14-13-8-4-5-9-15(13)22-16(14)20-17(21)19-11-12-6-2-1-3-7-12/h1-3,6-7,13,15H,4-5,8-9,11H2,(H2,19,20,21). The molecule has 1 saturated carbocycles. The highest BCUT2D eigenvalue weighted by molar-refractivity contribution is 8.04. The summed E-state index contributed by atoms with van der Waals surface area (Å²) in [4.78, 5) is 12.1. The number of carbonyl (C=O) groups excluding carboxylic acids is 1. The van der Waals surface area contributed by atoms with Gasteiger partial charge in [0.25, 0.3) is 0 Å². The van der Waals surface area contributed by atoms with E-state index in [4.69, 9.17) is 0 Å². The molecule has 1 aromatic carbocycles. The van der Waals surface area contributed by atoms with E-state index in [1.165, 1.54) is 12.8 Å². The number of fused-ring (bicyclic) bond motifs is 1. The van der Waals surface area contributed by atoms with Crippen molar-refractivity contribution in [3.05, 3.63) is 46.5 Å². The van der Waals surface area contributed by atoms with Crippen LogP contribution in [0.5, 0.6) is 0 Å². The molecule has 22 heavy (non-hydrogen) atoms. The van der Waals surface area contributed by atoms with Crippen molar-refractivity contribution in [2.75, 3.05) is 0 Å². The Morgan fingerprint density at radius 2 is 2.05 bits per heavy atom. The molecule has 2 unspecified atom stereocenters. The van der Waals surface area contributed by atoms with E-state index in [0.717, 1.165) is 29.0 Å². The van der Waals surface area contributed by atoms with Crippen molar-refractivity contribution in [2.24, 2.45) is 5.92 Å². The average molecular weight is 313 g/mol. The molecule has 3 rings (SSSR count). The first-order valence-corrected chi connectivity index (χ1v) is 8.55. The van der Waals surface area contributed by atoms with E-state index in [9.17, 15) is 10.1 Å². The van der Waals surface area contributed by atoms with Gasteiger partial charge in [-0.05, 0) is 18.4 Å². The molecule has 0 bridgehead atoms. The smallest absolute Gasteiger partial charge is 0.319 e. The van der Waals surface area contributed by atoms with Crippen molar-refractivity contribution in [2.45, 2.75) is 37.5 Å². The number of hydrogen-bond donors (Lipinski definition) is 2. The normalized spacial score (nSPS) is 23.6. The first-order chi connectivity index (χ1) is 10.8. The highest BCUT2D eigenvalue weighted by atomic mass is 32.2. The molecule has 5 heteroatoms. The van der Waals surface area contributed by atoms with Crippen LogP contribution in [0.4, 0.5) is 4.79 Å². The Morgan fingerprint density at radius 1 is 1.27 bits per heavy atom. The quantitative estimate of drug-likeness (QED) is 0.897. The van der Waals surface area contributed by atoms with Crippen LogP contribution in [0.25, 0.3) is 0 Å². The van der Waals surface area contributed by atoms with E-state index in [1.807, 2.05) is 30.3 Å². The fourth-order valence-electron chi connectivity index (χ4n) is 3.11. The number of urea groups is 1. The minimum absolute atomic E-state index is 0.238. The van der Waals surface area contributed by atoms with E-state index < -0.39 is 0 Å². The summed E-state index contributed by atoms with van der Waals surface area (Å²) in [5.74, 6) is 0.327. The molecule has 1 aliphatic carbocycles. The van der Waals surface area contributed by atoms with Crippen molar-refractivity contribution in [1.82, 2.24) is 10.6 Å². The fourth-order valence-corrected chi connectivity index (χ4v) is 4.61. The second kappa shape index (κ2) is 6.89. The van der Waals surface area contributed by atoms with Gasteiger partial charge in [-0.25, -0.2) is 4.79 Å². The lowest BCUT2D eigenvalue weighted by Gasteiger charge is -2.24. The highest BCUT2D eigenvalue weighted by Crippen LogP contribution is 2.47. The van der Waals surface area contributed by atoms with Gasteiger partial charge >= 0.3 is 6.03 Å². The van der Waals surface area contributed by atoms with Crippen LogP contribution in [0.3, 0.4) is 0 Å². The largest absolute Gasteiger partial charge is 0.334 e. The number of amides is 2. The molecular weight excluding hydrogens is 294 g/mol. The number of allylic oxidation sites excluding steroid dienone is 1. The van der Waals surface area contributed by atoms with Crippen LogP contribution in [0.1, 0.15) is 31.2 Å². The topological polar surface area (TPSA) is 64.9 Å². The monoisotopic (exact) mass is 313 g/mol. The van der Waals surface area contributed by atoms with Gasteiger partial charge in [-0.1, -0.05) is 43.2 Å². The minimum atomic E-state index is -0.238. The predicted octanol–water partition coefficient (Wildman–Crippen LogP) is 3.53. The van der Waals surface area contributed by atoms with Gasteiger partial charge in [-0.15, -0.1) is 11.8 Å². The Kier molecular flexibility index (Phi) is 4.69. The van der Waals surface area contributed by atoms with Crippen LogP contribution in [-0.4, -0.2) is 11.3 Å². The van der Waals surface area contributed by atoms with Gasteiger partial charge in [-0.3, -0.25) is 0 Å². The van der Waals surface area contributed by atoms with Gasteiger partial charge in [0.15, 0.2) is 0 Å². The van der Waals surface area contributed by atoms with Crippen molar-refractivity contribution < 1.29 is 4.79 Å². The van der Waals surface area contributed by atoms with Crippen molar-refractivity contribution >= 4 is 17.8 Å². The molecule has 2 aliphatic rings. The van der Waals surface area contributed by atoms with Crippen LogP contribution in [0.15, 0.2) is 40.9 Å². The molecule has 0 saturated heterocycles. The molecule has 0 radical (unpaired) electrons. The van der Waals surface area contributed by atoms with Crippen LogP contribution in [-0.2, 0) is 6.54 Å². The second-order valence-electron chi connectivity index (χ2n) is 5.70. The number of nitrogens with zero attached hydrogens (tertiary/aromatic N) is 1. The van der Waals surface area contributed by atoms with Crippen LogP contribution < -0.4 is 10.6 Å². The number of nitriles is 1. The molecule has 114 valence electrons. The molecule has 2 atom stereocenters. The molecule has 1 fully saturated rings. The first kappa shape index (κ1) is 15.0. The van der Waals surface area contributed by atoms with Crippen molar-refractivity contribution in [3.63, 3.8) is 0 Å². The molecule has 0 aromatic heterocycles. The molecule has 1 aromatic rings. The number of nitrogens with one attached hydrogen (secondary N) is 2. The SMILES string of the molecule is N#CC1=C(NC(=O)NCc2ccccc2)SC2CCCCC12. The third kappa shape index (κ3) is 3.28. The maximum Gasteiger partial charge on any atom is 0.319 e. The van der Waals surface area contributed by atoms with Gasteiger partial charge in [0.2, 0.25) is 0 Å². The summed E-state index contributed by atoms with van der Waals surface area (Å²) in [6.07, 6.45) is 4.61. The zero-order valence-corrected chi connectivity index (χ0v) is 13.2. The maximum atomic E-state index is 12.1. The third-order valence-corrected chi connectivity index (χ3v) is 5.66. The van der Waals surface area contributed by atoms with Gasteiger partial charge in [-0.2, -0.15) is 5.26 Å². The van der Waals surface area contributed by atoms with Gasteiger partial charge in [0.1, 0.15) is 0 Å². The van der Waals surface area contributed by atoms with Crippen LogP contribution in [0.2, 0.25) is 0 Å². The van der Waals surface area contributed by atoms with E-state index in [0.29, 0.717) is 17.7 Å². The lowest BCUT2D eigenvalue weighted by Crippen LogP contribution is -2.33. The summed E-state index contributed by atoms with van der Waals surface area (Å²) in [6, 6.07) is 11.9. The van der Waals surface area contributed by atoms with Gasteiger partial charge < -0.3 is 10.6 Å². The summed E-state index contributed by atoms with van der Waals surface area (Å²) in [6.45, 7) is 0.485. The Bertz CT molecular complexity index is 621. The Hall–Kier alpha value is -1.93. The lowest BCUT2D eigenvalue weighted by molar-refractivity contribution is 0.243. The lowest BCUT2D eigenvalue weighted by atomic mass is 9.84. The van der Waals surface area contributed by atoms with E-state index in [-0.39, 0.29) is 6.03 Å². The molecule has 1 heterocycles. The third-order valence-electron chi connectivity index (χ3n) is 4.23. The Morgan fingerprint density at radius 3 is 2.82 bits per heavy atom. The summed E-state index contributed by atoms with van der Waals surface area (Å²) in [7, 11) is 0. The first-order valence-electron chi connectivity index (χ1n) is 7.67. The molecular formula is C17H19N3OS. The summed E-state index contributed by atoms with van der Waals surface area (Å²) < 4.78 is 0. The van der Waals surface area contributed by atoms with Crippen LogP contribution in [0, 0.1) is 17.2 Å². The number of carbonyl (C=O) groups is 1. The highest BCUT2D eigenvalue weighted by Gasteiger charge is 2.37. The van der Waals surface area contributed by atoms with Crippen molar-refractivity contribution in [3.8, 4) is 6.07 Å². The van der Waals surface area contributed by atoms with Crippen LogP contribution >= 0.6 is 11.8 Å². The molecule has 2 amide bonds. The van der Waals surface area contributed by atoms with E-state index in [2.05, 4.69) is 16.7 Å². The molecule has 0 spiro atoms. The summed E-state index contributed by atoms with van der Waals surface area (Å²) in [5, 5.41) is 16.3. The van der Waals surface area contributed by atoms with E-state index in [1.54, 1.807) is 11.8 Å². The predicted molar refractivity (Wildman–Crippen MR) is 87.8 cm³/mol. The fraction of sp³-hybridized carbons (Fsp3) is 0.412. The number of thioether (sulfide) groups is 1. The number of hydrogen-bond acceptors (Lipinski definition) is 3.